The number of fused-ring (bicyclic) bond motifs is 2. The highest BCUT2D eigenvalue weighted by molar-refractivity contribution is 5.87. The monoisotopic (exact) mass is 437 g/mol. The number of nitrogens with zero attached hydrogens (tertiary/aromatic N) is 3. The standard InChI is InChI=1S/C30H19N3O/c31-20-26-25(12-7-17-32-26)23-10-5-8-21(18-23)22-9-6-11-24(19-22)33-27-13-1-3-15-29(27)34-30-16-4-2-14-28(30)33/h1-19H. The Bertz CT molecular complexity index is 1520. The predicted octanol–water partition coefficient (Wildman–Crippen LogP) is 7.86. The second-order valence-corrected chi connectivity index (χ2v) is 8.02. The number of nitriles is 1. The van der Waals surface area contributed by atoms with Gasteiger partial charge >= 0.3 is 0 Å². The summed E-state index contributed by atoms with van der Waals surface area (Å²) >= 11 is 0. The molecule has 6 rings (SSSR count). The number of pyridine rings is 1. The molecule has 34 heavy (non-hydrogen) atoms. The summed E-state index contributed by atoms with van der Waals surface area (Å²) in [5, 5.41) is 9.48. The Hall–Kier alpha value is -4.88. The highest BCUT2D eigenvalue weighted by Crippen LogP contribution is 2.50. The van der Waals surface area contributed by atoms with Crippen LogP contribution in [-0.2, 0) is 0 Å². The van der Waals surface area contributed by atoms with Crippen LogP contribution in [-0.4, -0.2) is 4.98 Å². The van der Waals surface area contributed by atoms with E-state index in [1.807, 2.05) is 60.7 Å². The number of hydrogen-bond donors (Lipinski definition) is 0. The van der Waals surface area contributed by atoms with Crippen LogP contribution in [0.3, 0.4) is 0 Å². The summed E-state index contributed by atoms with van der Waals surface area (Å²) in [4.78, 5) is 6.45. The number of aromatic nitrogens is 1. The molecular formula is C30H19N3O. The summed E-state index contributed by atoms with van der Waals surface area (Å²) in [5.41, 5.74) is 7.43. The molecule has 5 aromatic rings. The maximum absolute atomic E-state index is 9.48. The van der Waals surface area contributed by atoms with E-state index in [1.165, 1.54) is 0 Å². The van der Waals surface area contributed by atoms with Crippen molar-refractivity contribution in [3.8, 4) is 39.8 Å². The van der Waals surface area contributed by atoms with Crippen molar-refractivity contribution in [1.82, 2.24) is 4.98 Å². The molecule has 0 N–H and O–H groups in total. The molecule has 0 spiro atoms. The first kappa shape index (κ1) is 19.8. The van der Waals surface area contributed by atoms with Gasteiger partial charge in [0.15, 0.2) is 11.5 Å². The van der Waals surface area contributed by atoms with E-state index in [0.29, 0.717) is 5.69 Å². The fourth-order valence-corrected chi connectivity index (χ4v) is 4.40. The molecular weight excluding hydrogens is 418 g/mol. The van der Waals surface area contributed by atoms with Gasteiger partial charge in [-0.2, -0.15) is 5.26 Å². The lowest BCUT2D eigenvalue weighted by molar-refractivity contribution is 0.477. The molecule has 4 aromatic carbocycles. The maximum Gasteiger partial charge on any atom is 0.151 e. The summed E-state index contributed by atoms with van der Waals surface area (Å²) in [6.45, 7) is 0. The van der Waals surface area contributed by atoms with Crippen LogP contribution in [0.15, 0.2) is 115 Å². The fourth-order valence-electron chi connectivity index (χ4n) is 4.40. The normalized spacial score (nSPS) is 11.7. The lowest BCUT2D eigenvalue weighted by Crippen LogP contribution is -2.15. The van der Waals surface area contributed by atoms with Crippen molar-refractivity contribution in [2.75, 3.05) is 4.90 Å². The van der Waals surface area contributed by atoms with Gasteiger partial charge in [0.05, 0.1) is 11.4 Å². The van der Waals surface area contributed by atoms with E-state index in [2.05, 4.69) is 64.5 Å². The average Bonchev–Trinajstić information content (AvgIpc) is 2.91. The van der Waals surface area contributed by atoms with Crippen molar-refractivity contribution in [3.63, 3.8) is 0 Å². The van der Waals surface area contributed by atoms with Gasteiger partial charge in [0.1, 0.15) is 11.8 Å². The lowest BCUT2D eigenvalue weighted by Gasteiger charge is -2.33. The van der Waals surface area contributed by atoms with Gasteiger partial charge in [0.25, 0.3) is 0 Å². The Morgan fingerprint density at radius 2 is 1.29 bits per heavy atom. The first-order valence-electron chi connectivity index (χ1n) is 11.0. The van der Waals surface area contributed by atoms with Crippen molar-refractivity contribution < 1.29 is 4.74 Å². The van der Waals surface area contributed by atoms with Crippen LogP contribution in [0.1, 0.15) is 5.69 Å². The molecule has 0 saturated carbocycles. The molecule has 0 unspecified atom stereocenters. The maximum atomic E-state index is 9.48. The Kier molecular flexibility index (Phi) is 4.79. The molecule has 0 saturated heterocycles. The fraction of sp³-hybridized carbons (Fsp3) is 0. The first-order chi connectivity index (χ1) is 16.8. The molecule has 1 aliphatic heterocycles. The third-order valence-corrected chi connectivity index (χ3v) is 5.96. The minimum absolute atomic E-state index is 0.426. The molecule has 4 nitrogen and oxygen atoms in total. The Balaban J connectivity index is 1.46. The zero-order valence-electron chi connectivity index (χ0n) is 18.2. The molecule has 160 valence electrons. The van der Waals surface area contributed by atoms with E-state index in [9.17, 15) is 5.26 Å². The molecule has 1 aliphatic rings. The van der Waals surface area contributed by atoms with Crippen LogP contribution in [0.5, 0.6) is 11.5 Å². The minimum Gasteiger partial charge on any atom is -0.453 e. The van der Waals surface area contributed by atoms with E-state index in [0.717, 1.165) is 50.8 Å². The largest absolute Gasteiger partial charge is 0.453 e. The van der Waals surface area contributed by atoms with E-state index in [4.69, 9.17) is 4.74 Å². The lowest BCUT2D eigenvalue weighted by atomic mass is 9.98. The molecule has 2 heterocycles. The SMILES string of the molecule is N#Cc1ncccc1-c1cccc(-c2cccc(N3c4ccccc4Oc4ccccc43)c2)c1. The summed E-state index contributed by atoms with van der Waals surface area (Å²) in [6.07, 6.45) is 1.65. The third-order valence-electron chi connectivity index (χ3n) is 5.96. The van der Waals surface area contributed by atoms with Gasteiger partial charge < -0.3 is 9.64 Å². The number of rotatable bonds is 3. The molecule has 0 fully saturated rings. The third kappa shape index (κ3) is 3.37. The summed E-state index contributed by atoms with van der Waals surface area (Å²) in [6, 6.07) is 38.9. The zero-order chi connectivity index (χ0) is 22.9. The van der Waals surface area contributed by atoms with Crippen molar-refractivity contribution in [2.45, 2.75) is 0 Å². The smallest absolute Gasteiger partial charge is 0.151 e. The van der Waals surface area contributed by atoms with Gasteiger partial charge in [-0.1, -0.05) is 54.6 Å². The summed E-state index contributed by atoms with van der Waals surface area (Å²) in [7, 11) is 0. The number of benzene rings is 4. The molecule has 0 atom stereocenters. The van der Waals surface area contributed by atoms with Crippen LogP contribution in [0.2, 0.25) is 0 Å². The van der Waals surface area contributed by atoms with E-state index >= 15 is 0 Å². The Labute approximate surface area is 198 Å². The van der Waals surface area contributed by atoms with Gasteiger partial charge in [-0.05, 0) is 71.3 Å². The first-order valence-corrected chi connectivity index (χ1v) is 11.0. The number of hydrogen-bond acceptors (Lipinski definition) is 4. The van der Waals surface area contributed by atoms with E-state index in [1.54, 1.807) is 6.20 Å². The van der Waals surface area contributed by atoms with Crippen LogP contribution in [0.4, 0.5) is 17.1 Å². The van der Waals surface area contributed by atoms with Crippen LogP contribution >= 0.6 is 0 Å². The zero-order valence-corrected chi connectivity index (χ0v) is 18.2. The molecule has 1 aromatic heterocycles. The number of anilines is 3. The van der Waals surface area contributed by atoms with Crippen LogP contribution < -0.4 is 9.64 Å². The summed E-state index contributed by atoms with van der Waals surface area (Å²) in [5.74, 6) is 1.66. The van der Waals surface area contributed by atoms with Gasteiger partial charge in [-0.15, -0.1) is 0 Å². The molecule has 0 aliphatic carbocycles. The second-order valence-electron chi connectivity index (χ2n) is 8.02. The second kappa shape index (κ2) is 8.23. The molecule has 0 bridgehead atoms. The summed E-state index contributed by atoms with van der Waals surface area (Å²) < 4.78 is 6.16. The van der Waals surface area contributed by atoms with Crippen molar-refractivity contribution in [1.29, 1.82) is 5.26 Å². The van der Waals surface area contributed by atoms with Gasteiger partial charge in [-0.3, -0.25) is 0 Å². The average molecular weight is 438 g/mol. The predicted molar refractivity (Wildman–Crippen MR) is 135 cm³/mol. The topological polar surface area (TPSA) is 49.2 Å². The van der Waals surface area contributed by atoms with Crippen molar-refractivity contribution in [2.24, 2.45) is 0 Å². The van der Waals surface area contributed by atoms with Crippen molar-refractivity contribution in [3.05, 3.63) is 121 Å². The van der Waals surface area contributed by atoms with E-state index in [-0.39, 0.29) is 0 Å². The minimum atomic E-state index is 0.426. The van der Waals surface area contributed by atoms with Crippen LogP contribution in [0, 0.1) is 11.3 Å². The van der Waals surface area contributed by atoms with E-state index < -0.39 is 0 Å². The quantitative estimate of drug-likeness (QED) is 0.283. The number of ether oxygens (including phenoxy) is 1. The highest BCUT2D eigenvalue weighted by Gasteiger charge is 2.25. The Morgan fingerprint density at radius 1 is 0.647 bits per heavy atom. The van der Waals surface area contributed by atoms with Gasteiger partial charge in [0.2, 0.25) is 0 Å². The number of para-hydroxylation sites is 4. The van der Waals surface area contributed by atoms with Crippen LogP contribution in [0.25, 0.3) is 22.3 Å². The highest BCUT2D eigenvalue weighted by atomic mass is 16.5. The molecule has 0 radical (unpaired) electrons. The van der Waals surface area contributed by atoms with Crippen molar-refractivity contribution >= 4 is 17.1 Å². The van der Waals surface area contributed by atoms with Gasteiger partial charge in [-0.25, -0.2) is 4.98 Å². The molecule has 4 heteroatoms. The Morgan fingerprint density at radius 3 is 2.03 bits per heavy atom. The molecule has 0 amide bonds. The van der Waals surface area contributed by atoms with Gasteiger partial charge in [0, 0.05) is 17.4 Å².